The van der Waals surface area contributed by atoms with E-state index in [4.69, 9.17) is 4.74 Å². The van der Waals surface area contributed by atoms with E-state index in [1.54, 1.807) is 18.2 Å². The number of phenolic OH excluding ortho intramolecular Hbond substituents is 1. The number of ether oxygens (including phenoxy) is 1. The zero-order chi connectivity index (χ0) is 17.1. The predicted octanol–water partition coefficient (Wildman–Crippen LogP) is 5.58. The average molecular weight is 650 g/mol. The predicted molar refractivity (Wildman–Crippen MR) is 113 cm³/mol. The Hall–Kier alpha value is -0.300. The summed E-state index contributed by atoms with van der Waals surface area (Å²) in [5, 5.41) is 18.9. The zero-order valence-electron chi connectivity index (χ0n) is 12.0. The largest absolute Gasteiger partial charge is 0.507 e. The highest BCUT2D eigenvalue weighted by Gasteiger charge is 2.21. The molecule has 0 aliphatic carbocycles. The van der Waals surface area contributed by atoms with E-state index in [1.807, 2.05) is 41.6 Å². The number of hydrogen-bond donors (Lipinski definition) is 2. The number of aromatic hydroxyl groups is 1. The molecule has 2 aromatic carbocycles. The van der Waals surface area contributed by atoms with Crippen LogP contribution in [0.4, 0.5) is 0 Å². The number of rotatable bonds is 5. The van der Waals surface area contributed by atoms with E-state index in [9.17, 15) is 15.0 Å². The molecule has 4 nitrogen and oxygen atoms in total. The second-order valence-electron chi connectivity index (χ2n) is 4.83. The van der Waals surface area contributed by atoms with Gasteiger partial charge in [0.25, 0.3) is 0 Å². The second-order valence-corrected chi connectivity index (χ2v) is 8.31. The van der Waals surface area contributed by atoms with Gasteiger partial charge >= 0.3 is 5.97 Å². The molecule has 0 spiro atoms. The number of carboxylic acids is 1. The first-order valence-corrected chi connectivity index (χ1v) is 9.95. The van der Waals surface area contributed by atoms with Gasteiger partial charge in [0.2, 0.25) is 0 Å². The normalized spacial score (nSPS) is 12.0. The van der Waals surface area contributed by atoms with Crippen molar-refractivity contribution in [2.45, 2.75) is 19.3 Å². The standard InChI is InChI=1S/C16H13I3O4/c1-2-10(16(21)22)8-5-12(18)15(13(19)6-8)23-9-3-4-14(20)11(17)7-9/h3-7,10,20H,2H2,1H3,(H,21,22). The Morgan fingerprint density at radius 3 is 2.22 bits per heavy atom. The van der Waals surface area contributed by atoms with Crippen molar-refractivity contribution in [3.63, 3.8) is 0 Å². The molecule has 23 heavy (non-hydrogen) atoms. The number of hydrogen-bond acceptors (Lipinski definition) is 3. The summed E-state index contributed by atoms with van der Waals surface area (Å²) in [6.45, 7) is 1.86. The van der Waals surface area contributed by atoms with Gasteiger partial charge in [0.05, 0.1) is 16.6 Å². The van der Waals surface area contributed by atoms with Crippen molar-refractivity contribution in [3.8, 4) is 17.2 Å². The molecule has 0 fully saturated rings. The molecule has 2 aromatic rings. The van der Waals surface area contributed by atoms with Crippen LogP contribution in [0.3, 0.4) is 0 Å². The van der Waals surface area contributed by atoms with E-state index in [0.29, 0.717) is 21.5 Å². The Balaban J connectivity index is 2.37. The highest BCUT2D eigenvalue weighted by molar-refractivity contribution is 14.1. The molecule has 0 bridgehead atoms. The van der Waals surface area contributed by atoms with Crippen LogP contribution in [-0.2, 0) is 4.79 Å². The van der Waals surface area contributed by atoms with Crippen molar-refractivity contribution >= 4 is 73.7 Å². The molecular formula is C16H13I3O4. The van der Waals surface area contributed by atoms with Gasteiger partial charge in [0.15, 0.2) is 5.75 Å². The molecule has 0 heterocycles. The Morgan fingerprint density at radius 2 is 1.74 bits per heavy atom. The first-order chi connectivity index (χ1) is 10.8. The monoisotopic (exact) mass is 650 g/mol. The third kappa shape index (κ3) is 4.62. The van der Waals surface area contributed by atoms with E-state index in [-0.39, 0.29) is 5.75 Å². The summed E-state index contributed by atoms with van der Waals surface area (Å²) in [5.41, 5.74) is 0.779. The molecule has 122 valence electrons. The van der Waals surface area contributed by atoms with Crippen molar-refractivity contribution in [2.75, 3.05) is 0 Å². The SMILES string of the molecule is CCC(C(=O)O)c1cc(I)c(Oc2ccc(O)c(I)c2)c(I)c1. The highest BCUT2D eigenvalue weighted by atomic mass is 127. The molecule has 0 aromatic heterocycles. The third-order valence-electron chi connectivity index (χ3n) is 3.27. The van der Waals surface area contributed by atoms with Crippen molar-refractivity contribution in [3.05, 3.63) is 46.6 Å². The van der Waals surface area contributed by atoms with E-state index in [2.05, 4.69) is 45.2 Å². The van der Waals surface area contributed by atoms with Crippen LogP contribution in [0, 0.1) is 10.7 Å². The average Bonchev–Trinajstić information content (AvgIpc) is 2.47. The van der Waals surface area contributed by atoms with Gasteiger partial charge in [-0.15, -0.1) is 0 Å². The molecule has 0 radical (unpaired) electrons. The van der Waals surface area contributed by atoms with Crippen LogP contribution in [0.1, 0.15) is 24.8 Å². The van der Waals surface area contributed by atoms with Crippen molar-refractivity contribution < 1.29 is 19.7 Å². The van der Waals surface area contributed by atoms with Crippen molar-refractivity contribution in [2.24, 2.45) is 0 Å². The van der Waals surface area contributed by atoms with Gasteiger partial charge in [-0.25, -0.2) is 0 Å². The third-order valence-corrected chi connectivity index (χ3v) is 5.74. The Bertz CT molecular complexity index is 723. The molecule has 0 aliphatic heterocycles. The smallest absolute Gasteiger partial charge is 0.310 e. The molecule has 2 rings (SSSR count). The van der Waals surface area contributed by atoms with Gasteiger partial charge in [-0.1, -0.05) is 6.92 Å². The van der Waals surface area contributed by atoms with E-state index in [1.165, 1.54) is 0 Å². The number of phenols is 1. The van der Waals surface area contributed by atoms with Gasteiger partial charge in [0, 0.05) is 0 Å². The topological polar surface area (TPSA) is 66.8 Å². The lowest BCUT2D eigenvalue weighted by Gasteiger charge is -2.15. The minimum Gasteiger partial charge on any atom is -0.507 e. The van der Waals surface area contributed by atoms with E-state index < -0.39 is 11.9 Å². The Morgan fingerprint density at radius 1 is 1.13 bits per heavy atom. The maximum Gasteiger partial charge on any atom is 0.310 e. The number of benzene rings is 2. The summed E-state index contributed by atoms with van der Waals surface area (Å²) in [6.07, 6.45) is 0.540. The maximum atomic E-state index is 11.3. The first kappa shape index (κ1) is 19.0. The molecule has 0 amide bonds. The minimum atomic E-state index is -0.819. The van der Waals surface area contributed by atoms with Crippen LogP contribution in [0.15, 0.2) is 30.3 Å². The van der Waals surface area contributed by atoms with Crippen LogP contribution in [0.5, 0.6) is 17.2 Å². The summed E-state index contributed by atoms with van der Waals surface area (Å²) in [5.74, 6) is 0.198. The van der Waals surface area contributed by atoms with Gasteiger partial charge in [0.1, 0.15) is 11.5 Å². The summed E-state index contributed by atoms with van der Waals surface area (Å²) in [4.78, 5) is 11.3. The van der Waals surface area contributed by atoms with Crippen LogP contribution >= 0.6 is 67.8 Å². The fourth-order valence-electron chi connectivity index (χ4n) is 2.10. The highest BCUT2D eigenvalue weighted by Crippen LogP contribution is 2.36. The van der Waals surface area contributed by atoms with E-state index in [0.717, 1.165) is 12.7 Å². The summed E-state index contributed by atoms with van der Waals surface area (Å²) in [6, 6.07) is 8.74. The number of carbonyl (C=O) groups is 1. The molecule has 0 aliphatic rings. The molecule has 2 N–H and O–H groups in total. The molecule has 7 heteroatoms. The Labute approximate surface area is 175 Å². The molecule has 1 unspecified atom stereocenters. The quantitative estimate of drug-likeness (QED) is 0.416. The van der Waals surface area contributed by atoms with Crippen LogP contribution in [0.2, 0.25) is 0 Å². The summed E-state index contributed by atoms with van der Waals surface area (Å²) < 4.78 is 8.34. The molecule has 0 saturated carbocycles. The molecule has 1 atom stereocenters. The van der Waals surface area contributed by atoms with Crippen LogP contribution in [0.25, 0.3) is 0 Å². The van der Waals surface area contributed by atoms with Crippen LogP contribution < -0.4 is 4.74 Å². The van der Waals surface area contributed by atoms with Gasteiger partial charge in [-0.2, -0.15) is 0 Å². The van der Waals surface area contributed by atoms with Gasteiger partial charge in [-0.3, -0.25) is 4.79 Å². The lowest BCUT2D eigenvalue weighted by atomic mass is 9.97. The second kappa shape index (κ2) is 8.19. The number of halogens is 3. The van der Waals surface area contributed by atoms with Crippen LogP contribution in [-0.4, -0.2) is 16.2 Å². The van der Waals surface area contributed by atoms with E-state index >= 15 is 0 Å². The fraction of sp³-hybridized carbons (Fsp3) is 0.188. The van der Waals surface area contributed by atoms with Crippen molar-refractivity contribution in [1.82, 2.24) is 0 Å². The molecule has 0 saturated heterocycles. The first-order valence-electron chi connectivity index (χ1n) is 6.71. The number of aliphatic carboxylic acids is 1. The fourth-order valence-corrected chi connectivity index (χ4v) is 4.62. The summed E-state index contributed by atoms with van der Waals surface area (Å²) in [7, 11) is 0. The molecular weight excluding hydrogens is 637 g/mol. The number of carboxylic acid groups (broad SMARTS) is 1. The van der Waals surface area contributed by atoms with Gasteiger partial charge < -0.3 is 14.9 Å². The lowest BCUT2D eigenvalue weighted by molar-refractivity contribution is -0.138. The summed E-state index contributed by atoms with van der Waals surface area (Å²) >= 11 is 6.34. The van der Waals surface area contributed by atoms with Crippen molar-refractivity contribution in [1.29, 1.82) is 0 Å². The minimum absolute atomic E-state index is 0.213. The Kier molecular flexibility index (Phi) is 6.77. The zero-order valence-corrected chi connectivity index (χ0v) is 18.5. The lowest BCUT2D eigenvalue weighted by Crippen LogP contribution is -2.11. The maximum absolute atomic E-state index is 11.3. The van der Waals surface area contributed by atoms with Gasteiger partial charge in [-0.05, 0) is 110 Å².